The zero-order valence-electron chi connectivity index (χ0n) is 10.2. The van der Waals surface area contributed by atoms with Crippen molar-refractivity contribution in [2.24, 2.45) is 0 Å². The molecular formula is C12H16N2O4. The van der Waals surface area contributed by atoms with Crippen LogP contribution in [-0.2, 0) is 9.53 Å². The van der Waals surface area contributed by atoms with E-state index in [1.165, 1.54) is 6.20 Å². The van der Waals surface area contributed by atoms with Gasteiger partial charge in [0, 0.05) is 25.4 Å². The van der Waals surface area contributed by atoms with Crippen LogP contribution in [0.5, 0.6) is 0 Å². The number of aliphatic carboxylic acids is 1. The maximum Gasteiger partial charge on any atom is 0.339 e. The molecule has 6 nitrogen and oxygen atoms in total. The van der Waals surface area contributed by atoms with E-state index in [0.717, 1.165) is 0 Å². The number of pyridine rings is 1. The van der Waals surface area contributed by atoms with Crippen molar-refractivity contribution in [3.8, 4) is 0 Å². The first kappa shape index (κ1) is 14.0. The molecule has 1 rings (SSSR count). The molecular weight excluding hydrogens is 236 g/mol. The Kier molecular flexibility index (Phi) is 5.63. The van der Waals surface area contributed by atoms with Gasteiger partial charge in [-0.25, -0.2) is 4.79 Å². The van der Waals surface area contributed by atoms with Crippen molar-refractivity contribution in [2.45, 2.75) is 19.8 Å². The van der Waals surface area contributed by atoms with E-state index in [-0.39, 0.29) is 6.42 Å². The second-order valence-corrected chi connectivity index (χ2v) is 3.61. The van der Waals surface area contributed by atoms with Gasteiger partial charge in [0.1, 0.15) is 0 Å². The highest BCUT2D eigenvalue weighted by molar-refractivity contribution is 5.90. The summed E-state index contributed by atoms with van der Waals surface area (Å²) in [7, 11) is 0. The van der Waals surface area contributed by atoms with Crippen molar-refractivity contribution in [3.63, 3.8) is 0 Å². The van der Waals surface area contributed by atoms with Crippen molar-refractivity contribution in [1.29, 1.82) is 0 Å². The monoisotopic (exact) mass is 252 g/mol. The Morgan fingerprint density at radius 3 is 2.89 bits per heavy atom. The first-order valence-electron chi connectivity index (χ1n) is 5.71. The SMILES string of the molecule is CCOC(=O)c1cncc(NCCCC(=O)O)c1. The molecule has 2 N–H and O–H groups in total. The van der Waals surface area contributed by atoms with E-state index in [1.807, 2.05) is 0 Å². The van der Waals surface area contributed by atoms with Crippen LogP contribution in [-0.4, -0.2) is 35.2 Å². The molecule has 0 aromatic carbocycles. The summed E-state index contributed by atoms with van der Waals surface area (Å²) in [6.45, 7) is 2.56. The number of nitrogens with zero attached hydrogens (tertiary/aromatic N) is 1. The maximum atomic E-state index is 11.4. The van der Waals surface area contributed by atoms with E-state index in [0.29, 0.717) is 30.8 Å². The molecule has 6 heteroatoms. The second-order valence-electron chi connectivity index (χ2n) is 3.61. The minimum absolute atomic E-state index is 0.109. The van der Waals surface area contributed by atoms with Crippen LogP contribution in [0.4, 0.5) is 5.69 Å². The lowest BCUT2D eigenvalue weighted by Gasteiger charge is -2.06. The van der Waals surface area contributed by atoms with Gasteiger partial charge in [0.05, 0.1) is 17.9 Å². The molecule has 0 amide bonds. The van der Waals surface area contributed by atoms with Crippen molar-refractivity contribution in [3.05, 3.63) is 24.0 Å². The Bertz CT molecular complexity index is 420. The molecule has 0 fully saturated rings. The molecule has 0 saturated carbocycles. The number of carboxylic acids is 1. The molecule has 1 aromatic rings. The molecule has 0 atom stereocenters. The molecule has 0 radical (unpaired) electrons. The summed E-state index contributed by atoms with van der Waals surface area (Å²) in [5.74, 6) is -1.24. The number of hydrogen-bond acceptors (Lipinski definition) is 5. The summed E-state index contributed by atoms with van der Waals surface area (Å²) in [5.41, 5.74) is 1.05. The minimum Gasteiger partial charge on any atom is -0.481 e. The van der Waals surface area contributed by atoms with Crippen molar-refractivity contribution in [1.82, 2.24) is 4.98 Å². The van der Waals surface area contributed by atoms with Gasteiger partial charge >= 0.3 is 11.9 Å². The van der Waals surface area contributed by atoms with Crippen molar-refractivity contribution in [2.75, 3.05) is 18.5 Å². The van der Waals surface area contributed by atoms with E-state index >= 15 is 0 Å². The summed E-state index contributed by atoms with van der Waals surface area (Å²) in [5, 5.41) is 11.5. The maximum absolute atomic E-state index is 11.4. The Hall–Kier alpha value is -2.11. The minimum atomic E-state index is -0.824. The molecule has 0 aliphatic heterocycles. The van der Waals surface area contributed by atoms with Gasteiger partial charge in [-0.15, -0.1) is 0 Å². The fourth-order valence-corrected chi connectivity index (χ4v) is 1.34. The largest absolute Gasteiger partial charge is 0.481 e. The van der Waals surface area contributed by atoms with Crippen LogP contribution < -0.4 is 5.32 Å². The van der Waals surface area contributed by atoms with E-state index in [9.17, 15) is 9.59 Å². The third-order valence-electron chi connectivity index (χ3n) is 2.15. The second kappa shape index (κ2) is 7.26. The number of ether oxygens (including phenoxy) is 1. The highest BCUT2D eigenvalue weighted by Gasteiger charge is 2.07. The molecule has 0 saturated heterocycles. The van der Waals surface area contributed by atoms with Crippen molar-refractivity contribution >= 4 is 17.6 Å². The average molecular weight is 252 g/mol. The third kappa shape index (κ3) is 4.82. The van der Waals surface area contributed by atoms with Crippen LogP contribution >= 0.6 is 0 Å². The molecule has 0 aliphatic rings. The predicted octanol–water partition coefficient (Wildman–Crippen LogP) is 1.53. The van der Waals surface area contributed by atoms with Gasteiger partial charge in [0.15, 0.2) is 0 Å². The van der Waals surface area contributed by atoms with Crippen LogP contribution in [0.25, 0.3) is 0 Å². The van der Waals surface area contributed by atoms with E-state index in [4.69, 9.17) is 9.84 Å². The topological polar surface area (TPSA) is 88.5 Å². The molecule has 98 valence electrons. The van der Waals surface area contributed by atoms with Crippen LogP contribution in [0.3, 0.4) is 0 Å². The number of rotatable bonds is 7. The van der Waals surface area contributed by atoms with Crippen LogP contribution in [0.1, 0.15) is 30.1 Å². The molecule has 0 bridgehead atoms. The molecule has 18 heavy (non-hydrogen) atoms. The molecule has 1 heterocycles. The quantitative estimate of drug-likeness (QED) is 0.565. The van der Waals surface area contributed by atoms with Gasteiger partial charge in [-0.3, -0.25) is 9.78 Å². The number of carbonyl (C=O) groups is 2. The lowest BCUT2D eigenvalue weighted by Crippen LogP contribution is -2.08. The Balaban J connectivity index is 2.49. The first-order chi connectivity index (χ1) is 8.63. The van der Waals surface area contributed by atoms with Gasteiger partial charge in [-0.05, 0) is 19.4 Å². The number of nitrogens with one attached hydrogen (secondary N) is 1. The molecule has 0 aliphatic carbocycles. The molecule has 0 spiro atoms. The standard InChI is InChI=1S/C12H16N2O4/c1-2-18-12(17)9-6-10(8-13-7-9)14-5-3-4-11(15)16/h6-8,14H,2-5H2,1H3,(H,15,16). The number of hydrogen-bond donors (Lipinski definition) is 2. The number of esters is 1. The normalized spacial score (nSPS) is 9.83. The van der Waals surface area contributed by atoms with Gasteiger partial charge in [0.2, 0.25) is 0 Å². The third-order valence-corrected chi connectivity index (χ3v) is 2.15. The van der Waals surface area contributed by atoms with Gasteiger partial charge in [0.25, 0.3) is 0 Å². The number of carbonyl (C=O) groups excluding carboxylic acids is 1. The number of carboxylic acid groups (broad SMARTS) is 1. The molecule has 0 unspecified atom stereocenters. The Morgan fingerprint density at radius 1 is 1.44 bits per heavy atom. The molecule has 1 aromatic heterocycles. The highest BCUT2D eigenvalue weighted by Crippen LogP contribution is 2.09. The smallest absolute Gasteiger partial charge is 0.339 e. The predicted molar refractivity (Wildman–Crippen MR) is 65.6 cm³/mol. The lowest BCUT2D eigenvalue weighted by molar-refractivity contribution is -0.137. The fraction of sp³-hybridized carbons (Fsp3) is 0.417. The number of aromatic nitrogens is 1. The van der Waals surface area contributed by atoms with E-state index in [1.54, 1.807) is 19.2 Å². The van der Waals surface area contributed by atoms with Gasteiger partial charge in [-0.1, -0.05) is 0 Å². The van der Waals surface area contributed by atoms with Crippen LogP contribution in [0.2, 0.25) is 0 Å². The highest BCUT2D eigenvalue weighted by atomic mass is 16.5. The number of anilines is 1. The van der Waals surface area contributed by atoms with Crippen LogP contribution in [0.15, 0.2) is 18.5 Å². The zero-order chi connectivity index (χ0) is 13.4. The first-order valence-corrected chi connectivity index (χ1v) is 5.71. The Morgan fingerprint density at radius 2 is 2.22 bits per heavy atom. The average Bonchev–Trinajstić information content (AvgIpc) is 2.35. The summed E-state index contributed by atoms with van der Waals surface area (Å²) in [4.78, 5) is 25.7. The van der Waals surface area contributed by atoms with Crippen molar-refractivity contribution < 1.29 is 19.4 Å². The zero-order valence-corrected chi connectivity index (χ0v) is 10.2. The van der Waals surface area contributed by atoms with E-state index < -0.39 is 11.9 Å². The van der Waals surface area contributed by atoms with Crippen LogP contribution in [0, 0.1) is 0 Å². The van der Waals surface area contributed by atoms with Gasteiger partial charge in [-0.2, -0.15) is 0 Å². The summed E-state index contributed by atoms with van der Waals surface area (Å²) in [6.07, 6.45) is 3.63. The van der Waals surface area contributed by atoms with Gasteiger partial charge < -0.3 is 15.2 Å². The lowest BCUT2D eigenvalue weighted by atomic mass is 10.2. The summed E-state index contributed by atoms with van der Waals surface area (Å²) < 4.78 is 4.86. The van der Waals surface area contributed by atoms with E-state index in [2.05, 4.69) is 10.3 Å². The Labute approximate surface area is 105 Å². The fourth-order valence-electron chi connectivity index (χ4n) is 1.34. The summed E-state index contributed by atoms with van der Waals surface area (Å²) in [6, 6.07) is 1.63. The summed E-state index contributed by atoms with van der Waals surface area (Å²) >= 11 is 0.